The number of anilines is 2. The van der Waals surface area contributed by atoms with E-state index in [2.05, 4.69) is 22.9 Å². The van der Waals surface area contributed by atoms with Gasteiger partial charge in [0.1, 0.15) is 6.07 Å². The lowest BCUT2D eigenvalue weighted by molar-refractivity contribution is 0.764. The second-order valence-electron chi connectivity index (χ2n) is 4.65. The zero-order chi connectivity index (χ0) is 14.4. The summed E-state index contributed by atoms with van der Waals surface area (Å²) in [7, 11) is 0. The van der Waals surface area contributed by atoms with Crippen molar-refractivity contribution in [3.63, 3.8) is 0 Å². The molecule has 2 aromatic rings. The van der Waals surface area contributed by atoms with Gasteiger partial charge in [0.2, 0.25) is 0 Å². The van der Waals surface area contributed by atoms with E-state index in [0.29, 0.717) is 5.69 Å². The summed E-state index contributed by atoms with van der Waals surface area (Å²) in [5, 5.41) is 9.19. The van der Waals surface area contributed by atoms with Crippen LogP contribution in [0.2, 0.25) is 0 Å². The zero-order valence-electron chi connectivity index (χ0n) is 11.6. The number of nitriles is 1. The third-order valence-corrected chi connectivity index (χ3v) is 3.05. The average molecular weight is 266 g/mol. The molecule has 0 spiro atoms. The van der Waals surface area contributed by atoms with Gasteiger partial charge in [-0.3, -0.25) is 0 Å². The summed E-state index contributed by atoms with van der Waals surface area (Å²) in [5.74, 6) is 0. The molecule has 0 fully saturated rings. The molecule has 1 heterocycles. The molecule has 2 rings (SSSR count). The lowest BCUT2D eigenvalue weighted by Gasteiger charge is -2.25. The molecule has 0 amide bonds. The first-order chi connectivity index (χ1) is 9.74. The van der Waals surface area contributed by atoms with Crippen LogP contribution in [-0.4, -0.2) is 11.5 Å². The molecule has 0 aliphatic carbocycles. The number of nitrogen functional groups attached to an aromatic ring is 1. The number of nitrogens with two attached hydrogens (primary N) is 1. The van der Waals surface area contributed by atoms with E-state index < -0.39 is 0 Å². The van der Waals surface area contributed by atoms with Crippen LogP contribution in [0.25, 0.3) is 0 Å². The summed E-state index contributed by atoms with van der Waals surface area (Å²) in [5.41, 5.74) is 9.04. The number of nitrogens with zero attached hydrogens (tertiary/aromatic N) is 3. The highest BCUT2D eigenvalue weighted by Crippen LogP contribution is 2.21. The molecule has 0 saturated carbocycles. The number of hydrogen-bond acceptors (Lipinski definition) is 4. The van der Waals surface area contributed by atoms with E-state index >= 15 is 0 Å². The molecule has 0 radical (unpaired) electrons. The fraction of sp³-hybridized carbons (Fsp3) is 0.250. The first-order valence-electron chi connectivity index (χ1n) is 6.69. The van der Waals surface area contributed by atoms with E-state index in [-0.39, 0.29) is 0 Å². The lowest BCUT2D eigenvalue weighted by Crippen LogP contribution is -2.24. The van der Waals surface area contributed by atoms with Crippen molar-refractivity contribution in [3.8, 4) is 6.07 Å². The average Bonchev–Trinajstić information content (AvgIpc) is 2.47. The van der Waals surface area contributed by atoms with E-state index in [1.807, 2.05) is 36.4 Å². The Bertz CT molecular complexity index is 616. The van der Waals surface area contributed by atoms with Gasteiger partial charge in [-0.15, -0.1) is 0 Å². The van der Waals surface area contributed by atoms with Gasteiger partial charge in [0, 0.05) is 25.0 Å². The Balaban J connectivity index is 2.29. The first kappa shape index (κ1) is 13.9. The van der Waals surface area contributed by atoms with Crippen LogP contribution in [0, 0.1) is 11.3 Å². The van der Waals surface area contributed by atoms with Crippen molar-refractivity contribution in [3.05, 3.63) is 53.9 Å². The minimum absolute atomic E-state index is 0.463. The van der Waals surface area contributed by atoms with Gasteiger partial charge in [0.25, 0.3) is 0 Å². The highest BCUT2D eigenvalue weighted by molar-refractivity contribution is 5.56. The Labute approximate surface area is 119 Å². The molecule has 0 saturated heterocycles. The van der Waals surface area contributed by atoms with Gasteiger partial charge in [0.15, 0.2) is 5.69 Å². The van der Waals surface area contributed by atoms with Gasteiger partial charge >= 0.3 is 0 Å². The van der Waals surface area contributed by atoms with E-state index in [9.17, 15) is 5.26 Å². The summed E-state index contributed by atoms with van der Waals surface area (Å²) in [6.07, 6.45) is 2.65. The predicted molar refractivity (Wildman–Crippen MR) is 81.1 cm³/mol. The van der Waals surface area contributed by atoms with Crippen LogP contribution < -0.4 is 10.6 Å². The van der Waals surface area contributed by atoms with Gasteiger partial charge in [-0.25, -0.2) is 4.98 Å². The van der Waals surface area contributed by atoms with Crippen LogP contribution in [0.15, 0.2) is 42.6 Å². The number of aromatic nitrogens is 1. The second kappa shape index (κ2) is 6.58. The molecule has 4 heteroatoms. The topological polar surface area (TPSA) is 65.9 Å². The van der Waals surface area contributed by atoms with E-state index in [1.165, 1.54) is 0 Å². The summed E-state index contributed by atoms with van der Waals surface area (Å²) in [4.78, 5) is 6.30. The minimum atomic E-state index is 0.463. The molecule has 102 valence electrons. The van der Waals surface area contributed by atoms with Crippen LogP contribution >= 0.6 is 0 Å². The number of benzene rings is 1. The molecule has 0 unspecified atom stereocenters. The van der Waals surface area contributed by atoms with Crippen molar-refractivity contribution >= 4 is 11.4 Å². The monoisotopic (exact) mass is 266 g/mol. The zero-order valence-corrected chi connectivity index (χ0v) is 11.6. The Morgan fingerprint density at radius 1 is 1.30 bits per heavy atom. The molecule has 1 aromatic heterocycles. The Hall–Kier alpha value is -2.54. The standard InChI is InChI=1S/C16H18N4/c1-2-9-20(12-13-5-3-6-14(18)10-13)16-7-4-8-19-15(16)11-17/h3-8,10H,2,9,12,18H2,1H3. The SMILES string of the molecule is CCCN(Cc1cccc(N)c1)c1cccnc1C#N. The number of hydrogen-bond donors (Lipinski definition) is 1. The van der Waals surface area contributed by atoms with Crippen molar-refractivity contribution in [2.24, 2.45) is 0 Å². The molecule has 2 N–H and O–H groups in total. The molecule has 4 nitrogen and oxygen atoms in total. The number of rotatable bonds is 5. The first-order valence-corrected chi connectivity index (χ1v) is 6.69. The molecule has 0 bridgehead atoms. The van der Waals surface area contributed by atoms with Crippen molar-refractivity contribution in [2.45, 2.75) is 19.9 Å². The van der Waals surface area contributed by atoms with E-state index in [1.54, 1.807) is 6.20 Å². The van der Waals surface area contributed by atoms with Gasteiger partial charge in [0.05, 0.1) is 5.69 Å². The largest absolute Gasteiger partial charge is 0.399 e. The van der Waals surface area contributed by atoms with Gasteiger partial charge in [-0.2, -0.15) is 5.26 Å². The second-order valence-corrected chi connectivity index (χ2v) is 4.65. The molecule has 0 aliphatic heterocycles. The van der Waals surface area contributed by atoms with Crippen LogP contribution in [0.5, 0.6) is 0 Å². The van der Waals surface area contributed by atoms with Gasteiger partial charge < -0.3 is 10.6 Å². The molecular formula is C16H18N4. The van der Waals surface area contributed by atoms with Crippen LogP contribution in [-0.2, 0) is 6.54 Å². The van der Waals surface area contributed by atoms with Crippen molar-refractivity contribution in [1.29, 1.82) is 5.26 Å². The van der Waals surface area contributed by atoms with Crippen molar-refractivity contribution in [2.75, 3.05) is 17.2 Å². The summed E-state index contributed by atoms with van der Waals surface area (Å²) < 4.78 is 0. The fourth-order valence-corrected chi connectivity index (χ4v) is 2.20. The predicted octanol–water partition coefficient (Wildman–Crippen LogP) is 2.95. The normalized spacial score (nSPS) is 10.0. The van der Waals surface area contributed by atoms with Gasteiger partial charge in [-0.05, 0) is 36.2 Å². The third kappa shape index (κ3) is 3.27. The lowest BCUT2D eigenvalue weighted by atomic mass is 10.1. The minimum Gasteiger partial charge on any atom is -0.399 e. The Morgan fingerprint density at radius 3 is 2.85 bits per heavy atom. The number of pyridine rings is 1. The van der Waals surface area contributed by atoms with Crippen molar-refractivity contribution < 1.29 is 0 Å². The molecule has 1 aromatic carbocycles. The molecule has 0 atom stereocenters. The smallest absolute Gasteiger partial charge is 0.163 e. The quantitative estimate of drug-likeness (QED) is 0.845. The fourth-order valence-electron chi connectivity index (χ4n) is 2.20. The van der Waals surface area contributed by atoms with Crippen molar-refractivity contribution in [1.82, 2.24) is 4.98 Å². The van der Waals surface area contributed by atoms with E-state index in [0.717, 1.165) is 36.4 Å². The highest BCUT2D eigenvalue weighted by Gasteiger charge is 2.11. The van der Waals surface area contributed by atoms with Gasteiger partial charge in [-0.1, -0.05) is 19.1 Å². The maximum Gasteiger partial charge on any atom is 0.163 e. The van der Waals surface area contributed by atoms with E-state index in [4.69, 9.17) is 5.73 Å². The molecular weight excluding hydrogens is 248 g/mol. The Morgan fingerprint density at radius 2 is 2.15 bits per heavy atom. The maximum atomic E-state index is 9.19. The summed E-state index contributed by atoms with van der Waals surface area (Å²) in [6, 6.07) is 13.8. The van der Waals surface area contributed by atoms with Crippen LogP contribution in [0.3, 0.4) is 0 Å². The highest BCUT2D eigenvalue weighted by atomic mass is 15.1. The molecule has 0 aliphatic rings. The summed E-state index contributed by atoms with van der Waals surface area (Å²) >= 11 is 0. The van der Waals surface area contributed by atoms with Crippen LogP contribution in [0.4, 0.5) is 11.4 Å². The molecule has 20 heavy (non-hydrogen) atoms. The summed E-state index contributed by atoms with van der Waals surface area (Å²) in [6.45, 7) is 3.71. The Kier molecular flexibility index (Phi) is 4.56. The third-order valence-electron chi connectivity index (χ3n) is 3.05. The maximum absolute atomic E-state index is 9.19. The van der Waals surface area contributed by atoms with Crippen LogP contribution in [0.1, 0.15) is 24.6 Å².